The number of aromatic nitrogens is 1. The second-order valence-corrected chi connectivity index (χ2v) is 9.75. The van der Waals surface area contributed by atoms with E-state index in [1.807, 2.05) is 75.5 Å². The van der Waals surface area contributed by atoms with Crippen LogP contribution < -0.4 is 10.9 Å². The zero-order chi connectivity index (χ0) is 26.0. The minimum absolute atomic E-state index is 0.220. The first-order valence-corrected chi connectivity index (χ1v) is 12.9. The highest BCUT2D eigenvalue weighted by molar-refractivity contribution is 7.15. The maximum Gasteiger partial charge on any atom is 0.341 e. The van der Waals surface area contributed by atoms with E-state index in [4.69, 9.17) is 4.74 Å². The van der Waals surface area contributed by atoms with Crippen molar-refractivity contribution in [2.75, 3.05) is 11.9 Å². The highest BCUT2D eigenvalue weighted by Gasteiger charge is 2.27. The number of ether oxygens (including phenoxy) is 1. The summed E-state index contributed by atoms with van der Waals surface area (Å²) in [7, 11) is 0. The number of thiophene rings is 1. The second kappa shape index (κ2) is 10.5. The number of pyridine rings is 1. The van der Waals surface area contributed by atoms with Crippen molar-refractivity contribution < 1.29 is 14.3 Å². The van der Waals surface area contributed by atoms with Gasteiger partial charge < -0.3 is 10.1 Å². The number of nitrogens with zero attached hydrogens (tertiary/aromatic N) is 1. The van der Waals surface area contributed by atoms with Gasteiger partial charge in [-0.05, 0) is 56.9 Å². The van der Waals surface area contributed by atoms with Crippen LogP contribution >= 0.6 is 11.3 Å². The molecule has 0 aliphatic carbocycles. The van der Waals surface area contributed by atoms with E-state index in [0.29, 0.717) is 22.5 Å². The summed E-state index contributed by atoms with van der Waals surface area (Å²) in [6, 6.07) is 14.4. The highest BCUT2D eigenvalue weighted by Crippen LogP contribution is 2.37. The lowest BCUT2D eigenvalue weighted by molar-refractivity contribution is -0.119. The lowest BCUT2D eigenvalue weighted by Crippen LogP contribution is -2.33. The summed E-state index contributed by atoms with van der Waals surface area (Å²) in [4.78, 5) is 39.8. The molecule has 1 amide bonds. The number of fused-ring (bicyclic) bond motifs is 1. The average Bonchev–Trinajstić information content (AvgIpc) is 3.26. The molecule has 0 bridgehead atoms. The number of carbonyl (C=O) groups excluding carboxylic acids is 2. The lowest BCUT2D eigenvalue weighted by atomic mass is 10.0. The fourth-order valence-corrected chi connectivity index (χ4v) is 5.66. The average molecular weight is 503 g/mol. The van der Waals surface area contributed by atoms with Gasteiger partial charge >= 0.3 is 5.97 Å². The van der Waals surface area contributed by atoms with Gasteiger partial charge in [0.2, 0.25) is 5.91 Å². The number of amides is 1. The Labute approximate surface area is 214 Å². The van der Waals surface area contributed by atoms with Gasteiger partial charge in [-0.25, -0.2) is 4.79 Å². The number of anilines is 1. The first-order chi connectivity index (χ1) is 17.3. The van der Waals surface area contributed by atoms with Crippen molar-refractivity contribution >= 4 is 39.1 Å². The molecule has 2 aromatic carbocycles. The van der Waals surface area contributed by atoms with Gasteiger partial charge in [0.1, 0.15) is 16.6 Å². The minimum atomic E-state index is -0.751. The molecule has 2 heterocycles. The molecule has 0 fully saturated rings. The maximum absolute atomic E-state index is 13.7. The zero-order valence-electron chi connectivity index (χ0n) is 21.2. The third-order valence-electron chi connectivity index (χ3n) is 6.28. The number of hydrogen-bond donors (Lipinski definition) is 1. The van der Waals surface area contributed by atoms with E-state index >= 15 is 0 Å². The summed E-state index contributed by atoms with van der Waals surface area (Å²) in [5, 5.41) is 6.15. The molecule has 186 valence electrons. The summed E-state index contributed by atoms with van der Waals surface area (Å²) >= 11 is 1.27. The first kappa shape index (κ1) is 25.4. The van der Waals surface area contributed by atoms with E-state index in [2.05, 4.69) is 5.32 Å². The molecule has 1 N–H and O–H groups in total. The van der Waals surface area contributed by atoms with Crippen LogP contribution in [0.25, 0.3) is 22.0 Å². The molecule has 0 aliphatic heterocycles. The number of hydrogen-bond acceptors (Lipinski definition) is 5. The molecule has 0 saturated carbocycles. The molecular formula is C29H30N2O4S. The van der Waals surface area contributed by atoms with Crippen LogP contribution in [0.4, 0.5) is 5.00 Å². The minimum Gasteiger partial charge on any atom is -0.462 e. The summed E-state index contributed by atoms with van der Waals surface area (Å²) < 4.78 is 6.91. The zero-order valence-corrected chi connectivity index (χ0v) is 22.0. The van der Waals surface area contributed by atoms with Crippen molar-refractivity contribution in [3.8, 4) is 11.1 Å². The third-order valence-corrected chi connectivity index (χ3v) is 7.18. The Balaban J connectivity index is 1.80. The van der Waals surface area contributed by atoms with Crippen LogP contribution in [0.3, 0.4) is 0 Å². The van der Waals surface area contributed by atoms with Gasteiger partial charge in [0.15, 0.2) is 0 Å². The van der Waals surface area contributed by atoms with Crippen molar-refractivity contribution in [3.05, 3.63) is 86.5 Å². The molecule has 0 radical (unpaired) electrons. The van der Waals surface area contributed by atoms with Gasteiger partial charge in [0.25, 0.3) is 5.56 Å². The van der Waals surface area contributed by atoms with Crippen molar-refractivity contribution in [3.63, 3.8) is 0 Å². The normalized spacial score (nSPS) is 11.9. The maximum atomic E-state index is 13.7. The van der Waals surface area contributed by atoms with Crippen LogP contribution in [0.1, 0.15) is 53.4 Å². The molecule has 7 heteroatoms. The molecule has 36 heavy (non-hydrogen) atoms. The Morgan fingerprint density at radius 3 is 2.42 bits per heavy atom. The van der Waals surface area contributed by atoms with E-state index in [-0.39, 0.29) is 18.1 Å². The largest absolute Gasteiger partial charge is 0.462 e. The Morgan fingerprint density at radius 2 is 1.75 bits per heavy atom. The molecule has 6 nitrogen and oxygen atoms in total. The molecule has 1 unspecified atom stereocenters. The molecule has 4 rings (SSSR count). The summed E-state index contributed by atoms with van der Waals surface area (Å²) in [5.74, 6) is -0.845. The third kappa shape index (κ3) is 4.71. The van der Waals surface area contributed by atoms with Crippen molar-refractivity contribution in [2.45, 2.75) is 47.1 Å². The van der Waals surface area contributed by atoms with E-state index < -0.39 is 12.0 Å². The quantitative estimate of drug-likeness (QED) is 0.296. The van der Waals surface area contributed by atoms with Crippen LogP contribution in [-0.2, 0) is 9.53 Å². The fourth-order valence-electron chi connectivity index (χ4n) is 4.70. The van der Waals surface area contributed by atoms with Gasteiger partial charge in [0.05, 0.1) is 12.1 Å². The summed E-state index contributed by atoms with van der Waals surface area (Å²) in [6.45, 7) is 9.73. The number of nitrogens with one attached hydrogen (secondary N) is 1. The van der Waals surface area contributed by atoms with Crippen LogP contribution in [0.5, 0.6) is 0 Å². The van der Waals surface area contributed by atoms with Gasteiger partial charge in [-0.1, -0.05) is 48.9 Å². The molecule has 1 atom stereocenters. The molecule has 0 spiro atoms. The summed E-state index contributed by atoms with van der Waals surface area (Å²) in [5.41, 5.74) is 5.32. The van der Waals surface area contributed by atoms with Gasteiger partial charge in [-0.2, -0.15) is 0 Å². The van der Waals surface area contributed by atoms with Crippen molar-refractivity contribution in [2.24, 2.45) is 0 Å². The standard InChI is InChI=1S/C29H30N2O4S/c1-6-23(31-24(32)15-18(4)21-14-17(3)13-19(5)26(21)31)27(33)30-28-25(29(34)35-7-2)22(16-36-28)20-11-9-8-10-12-20/h8-16,23H,6-7H2,1-5H3,(H,30,33). The Kier molecular flexibility index (Phi) is 7.40. The predicted octanol–water partition coefficient (Wildman–Crippen LogP) is 6.42. The Morgan fingerprint density at radius 1 is 1.03 bits per heavy atom. The van der Waals surface area contributed by atoms with Gasteiger partial charge in [-0.15, -0.1) is 11.3 Å². The number of rotatable bonds is 7. The van der Waals surface area contributed by atoms with Crippen molar-refractivity contribution in [1.82, 2.24) is 4.57 Å². The Hall–Kier alpha value is -3.71. The molecular weight excluding hydrogens is 472 g/mol. The number of carbonyl (C=O) groups is 2. The number of benzene rings is 2. The fraction of sp³-hybridized carbons (Fsp3) is 0.276. The van der Waals surface area contributed by atoms with E-state index in [1.165, 1.54) is 11.3 Å². The molecule has 0 saturated heterocycles. The van der Waals surface area contributed by atoms with E-state index in [1.54, 1.807) is 17.6 Å². The molecule has 2 aromatic heterocycles. The van der Waals surface area contributed by atoms with Gasteiger partial charge in [0, 0.05) is 22.4 Å². The predicted molar refractivity (Wildman–Crippen MR) is 146 cm³/mol. The van der Waals surface area contributed by atoms with Crippen LogP contribution in [0.2, 0.25) is 0 Å². The van der Waals surface area contributed by atoms with Crippen LogP contribution in [0, 0.1) is 20.8 Å². The molecule has 4 aromatic rings. The SMILES string of the molecule is CCOC(=O)c1c(-c2ccccc2)csc1NC(=O)C(CC)n1c(=O)cc(C)c2cc(C)cc(C)c21. The first-order valence-electron chi connectivity index (χ1n) is 12.0. The van der Waals surface area contributed by atoms with Crippen LogP contribution in [0.15, 0.2) is 58.7 Å². The molecule has 0 aliphatic rings. The monoisotopic (exact) mass is 502 g/mol. The van der Waals surface area contributed by atoms with Gasteiger partial charge in [-0.3, -0.25) is 14.2 Å². The highest BCUT2D eigenvalue weighted by atomic mass is 32.1. The topological polar surface area (TPSA) is 77.4 Å². The smallest absolute Gasteiger partial charge is 0.341 e. The Bertz CT molecular complexity index is 1500. The number of esters is 1. The van der Waals surface area contributed by atoms with E-state index in [0.717, 1.165) is 33.2 Å². The second-order valence-electron chi connectivity index (χ2n) is 8.87. The summed E-state index contributed by atoms with van der Waals surface area (Å²) in [6.07, 6.45) is 0.406. The van der Waals surface area contributed by atoms with E-state index in [9.17, 15) is 14.4 Å². The van der Waals surface area contributed by atoms with Crippen LogP contribution in [-0.4, -0.2) is 23.1 Å². The number of aryl methyl sites for hydroxylation is 3. The van der Waals surface area contributed by atoms with Crippen molar-refractivity contribution in [1.29, 1.82) is 0 Å². The lowest BCUT2D eigenvalue weighted by Gasteiger charge is -2.22.